The van der Waals surface area contributed by atoms with E-state index in [4.69, 9.17) is 5.73 Å². The second-order valence-electron chi connectivity index (χ2n) is 4.10. The summed E-state index contributed by atoms with van der Waals surface area (Å²) in [5, 5.41) is 9.73. The van der Waals surface area contributed by atoms with E-state index in [1.54, 1.807) is 6.20 Å². The summed E-state index contributed by atoms with van der Waals surface area (Å²) in [5.41, 5.74) is 8.83. The Kier molecular flexibility index (Phi) is 2.81. The lowest BCUT2D eigenvalue weighted by molar-refractivity contribution is 0.867. The van der Waals surface area contributed by atoms with Gasteiger partial charge in [-0.1, -0.05) is 26.0 Å². The topological polar surface area (TPSA) is 66.7 Å². The molecule has 4 N–H and O–H groups in total. The van der Waals surface area contributed by atoms with Crippen LogP contribution in [0.15, 0.2) is 30.5 Å². The van der Waals surface area contributed by atoms with Crippen molar-refractivity contribution in [2.24, 2.45) is 0 Å². The molecule has 0 aliphatic carbocycles. The van der Waals surface area contributed by atoms with Gasteiger partial charge >= 0.3 is 0 Å². The lowest BCUT2D eigenvalue weighted by atomic mass is 10.0. The van der Waals surface area contributed by atoms with E-state index in [1.807, 2.05) is 12.1 Å². The second kappa shape index (κ2) is 4.26. The highest BCUT2D eigenvalue weighted by Gasteiger charge is 2.02. The van der Waals surface area contributed by atoms with Crippen LogP contribution in [0.1, 0.15) is 25.3 Å². The SMILES string of the molecule is CC(C)c1ccc(Nc2cn[nH]c2N)cc1. The number of nitrogens with zero attached hydrogens (tertiary/aromatic N) is 1. The molecule has 0 bridgehead atoms. The molecule has 2 rings (SSSR count). The zero-order valence-electron chi connectivity index (χ0n) is 9.49. The number of benzene rings is 1. The Morgan fingerprint density at radius 3 is 2.44 bits per heavy atom. The molecular weight excluding hydrogens is 200 g/mol. The first kappa shape index (κ1) is 10.5. The van der Waals surface area contributed by atoms with E-state index in [-0.39, 0.29) is 0 Å². The Balaban J connectivity index is 2.14. The maximum absolute atomic E-state index is 5.69. The summed E-state index contributed by atoms with van der Waals surface area (Å²) in [6.45, 7) is 4.35. The Hall–Kier alpha value is -1.97. The number of hydrogen-bond acceptors (Lipinski definition) is 3. The number of aromatic nitrogens is 2. The summed E-state index contributed by atoms with van der Waals surface area (Å²) in [6, 6.07) is 8.32. The summed E-state index contributed by atoms with van der Waals surface area (Å²) in [7, 11) is 0. The van der Waals surface area contributed by atoms with E-state index in [0.717, 1.165) is 11.4 Å². The van der Waals surface area contributed by atoms with Crippen molar-refractivity contribution in [1.29, 1.82) is 0 Å². The third kappa shape index (κ3) is 2.16. The minimum absolute atomic E-state index is 0.549. The number of rotatable bonds is 3. The van der Waals surface area contributed by atoms with Crippen molar-refractivity contribution in [3.05, 3.63) is 36.0 Å². The van der Waals surface area contributed by atoms with E-state index in [0.29, 0.717) is 11.7 Å². The highest BCUT2D eigenvalue weighted by atomic mass is 15.2. The Morgan fingerprint density at radius 2 is 1.94 bits per heavy atom. The van der Waals surface area contributed by atoms with Gasteiger partial charge in [0.2, 0.25) is 0 Å². The van der Waals surface area contributed by atoms with Gasteiger partial charge in [-0.05, 0) is 23.6 Å². The maximum atomic E-state index is 5.69. The highest BCUT2D eigenvalue weighted by Crippen LogP contribution is 2.22. The highest BCUT2D eigenvalue weighted by molar-refractivity contribution is 5.68. The molecule has 0 spiro atoms. The van der Waals surface area contributed by atoms with Crippen molar-refractivity contribution < 1.29 is 0 Å². The predicted octanol–water partition coefficient (Wildman–Crippen LogP) is 2.86. The largest absolute Gasteiger partial charge is 0.382 e. The van der Waals surface area contributed by atoms with Crippen LogP contribution in [0, 0.1) is 0 Å². The third-order valence-corrected chi connectivity index (χ3v) is 2.53. The van der Waals surface area contributed by atoms with Gasteiger partial charge < -0.3 is 11.1 Å². The van der Waals surface area contributed by atoms with Crippen LogP contribution in [0.25, 0.3) is 0 Å². The van der Waals surface area contributed by atoms with Gasteiger partial charge in [0.1, 0.15) is 11.5 Å². The fourth-order valence-electron chi connectivity index (χ4n) is 1.50. The molecule has 0 radical (unpaired) electrons. The van der Waals surface area contributed by atoms with Crippen molar-refractivity contribution >= 4 is 17.2 Å². The molecule has 1 aromatic heterocycles. The summed E-state index contributed by atoms with van der Waals surface area (Å²) in [5.74, 6) is 1.10. The first-order valence-corrected chi connectivity index (χ1v) is 5.32. The van der Waals surface area contributed by atoms with Crippen LogP contribution >= 0.6 is 0 Å². The van der Waals surface area contributed by atoms with Crippen LogP contribution in [0.2, 0.25) is 0 Å². The lowest BCUT2D eigenvalue weighted by Crippen LogP contribution is -1.94. The van der Waals surface area contributed by atoms with Gasteiger partial charge in [0.15, 0.2) is 0 Å². The minimum atomic E-state index is 0.549. The molecule has 0 amide bonds. The fraction of sp³-hybridized carbons (Fsp3) is 0.250. The number of aromatic amines is 1. The third-order valence-electron chi connectivity index (χ3n) is 2.53. The van der Waals surface area contributed by atoms with Crippen molar-refractivity contribution in [1.82, 2.24) is 10.2 Å². The van der Waals surface area contributed by atoms with Gasteiger partial charge in [-0.15, -0.1) is 0 Å². The Bertz CT molecular complexity index is 456. The number of H-pyrrole nitrogens is 1. The maximum Gasteiger partial charge on any atom is 0.143 e. The van der Waals surface area contributed by atoms with Crippen LogP contribution in [-0.2, 0) is 0 Å². The zero-order chi connectivity index (χ0) is 11.5. The van der Waals surface area contributed by atoms with E-state index in [1.165, 1.54) is 5.56 Å². The minimum Gasteiger partial charge on any atom is -0.382 e. The molecule has 0 unspecified atom stereocenters. The van der Waals surface area contributed by atoms with Gasteiger partial charge in [0.25, 0.3) is 0 Å². The molecule has 0 saturated heterocycles. The van der Waals surface area contributed by atoms with E-state index in [2.05, 4.69) is 41.5 Å². The average molecular weight is 216 g/mol. The molecule has 0 atom stereocenters. The van der Waals surface area contributed by atoms with Gasteiger partial charge in [-0.25, -0.2) is 0 Å². The van der Waals surface area contributed by atoms with Gasteiger partial charge in [0, 0.05) is 5.69 Å². The average Bonchev–Trinajstić information content (AvgIpc) is 2.65. The number of anilines is 3. The molecule has 0 fully saturated rings. The van der Waals surface area contributed by atoms with E-state index < -0.39 is 0 Å². The monoisotopic (exact) mass is 216 g/mol. The Morgan fingerprint density at radius 1 is 1.25 bits per heavy atom. The molecule has 1 aromatic carbocycles. The predicted molar refractivity (Wildman–Crippen MR) is 66.8 cm³/mol. The molecule has 2 aromatic rings. The number of hydrogen-bond donors (Lipinski definition) is 3. The van der Waals surface area contributed by atoms with Crippen LogP contribution in [0.5, 0.6) is 0 Å². The van der Waals surface area contributed by atoms with Crippen LogP contribution < -0.4 is 11.1 Å². The van der Waals surface area contributed by atoms with Crippen molar-refractivity contribution in [2.45, 2.75) is 19.8 Å². The van der Waals surface area contributed by atoms with Gasteiger partial charge in [-0.2, -0.15) is 5.10 Å². The quantitative estimate of drug-likeness (QED) is 0.739. The summed E-state index contributed by atoms with van der Waals surface area (Å²) < 4.78 is 0. The lowest BCUT2D eigenvalue weighted by Gasteiger charge is -2.08. The Labute approximate surface area is 94.9 Å². The number of nitrogens with one attached hydrogen (secondary N) is 2. The molecule has 0 saturated carbocycles. The fourth-order valence-corrected chi connectivity index (χ4v) is 1.50. The van der Waals surface area contributed by atoms with Gasteiger partial charge in [0.05, 0.1) is 6.20 Å². The first-order valence-electron chi connectivity index (χ1n) is 5.32. The van der Waals surface area contributed by atoms with Gasteiger partial charge in [-0.3, -0.25) is 5.10 Å². The summed E-state index contributed by atoms with van der Waals surface area (Å²) >= 11 is 0. The molecule has 1 heterocycles. The number of nitrogens with two attached hydrogens (primary N) is 1. The molecule has 16 heavy (non-hydrogen) atoms. The van der Waals surface area contributed by atoms with Crippen LogP contribution in [-0.4, -0.2) is 10.2 Å². The standard InChI is InChI=1S/C12H16N4/c1-8(2)9-3-5-10(6-4-9)15-11-7-14-16-12(11)13/h3-8,15H,1-2H3,(H3,13,14,16). The first-order chi connectivity index (χ1) is 7.66. The molecule has 0 aliphatic rings. The van der Waals surface area contributed by atoms with Crippen molar-refractivity contribution in [2.75, 3.05) is 11.1 Å². The molecular formula is C12H16N4. The molecule has 4 heteroatoms. The van der Waals surface area contributed by atoms with Crippen molar-refractivity contribution in [3.8, 4) is 0 Å². The van der Waals surface area contributed by atoms with E-state index in [9.17, 15) is 0 Å². The molecule has 84 valence electrons. The smallest absolute Gasteiger partial charge is 0.143 e. The van der Waals surface area contributed by atoms with Crippen molar-refractivity contribution in [3.63, 3.8) is 0 Å². The zero-order valence-corrected chi connectivity index (χ0v) is 9.49. The van der Waals surface area contributed by atoms with Crippen LogP contribution in [0.4, 0.5) is 17.2 Å². The number of nitrogen functional groups attached to an aromatic ring is 1. The summed E-state index contributed by atoms with van der Waals surface area (Å²) in [6.07, 6.45) is 1.67. The van der Waals surface area contributed by atoms with Crippen LogP contribution in [0.3, 0.4) is 0 Å². The van der Waals surface area contributed by atoms with E-state index >= 15 is 0 Å². The normalized spacial score (nSPS) is 10.7. The molecule has 4 nitrogen and oxygen atoms in total. The second-order valence-corrected chi connectivity index (χ2v) is 4.10. The summed E-state index contributed by atoms with van der Waals surface area (Å²) in [4.78, 5) is 0. The molecule has 0 aliphatic heterocycles.